The molecule has 0 fully saturated rings. The Labute approximate surface area is 169 Å². The first kappa shape index (κ1) is 20.4. The van der Waals surface area contributed by atoms with E-state index in [2.05, 4.69) is 14.4 Å². The molecule has 28 heavy (non-hydrogen) atoms. The second kappa shape index (κ2) is 8.81. The SMILES string of the molecule is CC(C)CNS(=O)(=O)c1ccc(CCC(=O)Nc2ccc3sncc3c2)cc1. The zero-order valence-electron chi connectivity index (χ0n) is 15.8. The van der Waals surface area contributed by atoms with E-state index >= 15 is 0 Å². The summed E-state index contributed by atoms with van der Waals surface area (Å²) in [6, 6.07) is 12.4. The number of anilines is 1. The summed E-state index contributed by atoms with van der Waals surface area (Å²) in [7, 11) is -3.49. The van der Waals surface area contributed by atoms with Crippen LogP contribution in [0.3, 0.4) is 0 Å². The average Bonchev–Trinajstić information content (AvgIpc) is 3.13. The van der Waals surface area contributed by atoms with Crippen LogP contribution in [0.2, 0.25) is 0 Å². The predicted octanol–water partition coefficient (Wildman–Crippen LogP) is 3.80. The highest BCUT2D eigenvalue weighted by Crippen LogP contribution is 2.22. The van der Waals surface area contributed by atoms with Crippen molar-refractivity contribution in [1.29, 1.82) is 0 Å². The summed E-state index contributed by atoms with van der Waals surface area (Å²) in [5.41, 5.74) is 1.66. The normalized spacial score (nSPS) is 11.8. The third-order valence-electron chi connectivity index (χ3n) is 4.19. The van der Waals surface area contributed by atoms with Gasteiger partial charge in [-0.25, -0.2) is 13.1 Å². The molecule has 148 valence electrons. The maximum atomic E-state index is 12.2. The van der Waals surface area contributed by atoms with E-state index in [0.717, 1.165) is 21.3 Å². The van der Waals surface area contributed by atoms with Gasteiger partial charge in [0.2, 0.25) is 15.9 Å². The number of hydrogen-bond donors (Lipinski definition) is 2. The number of rotatable bonds is 8. The quantitative estimate of drug-likeness (QED) is 0.583. The van der Waals surface area contributed by atoms with Crippen molar-refractivity contribution in [3.05, 3.63) is 54.2 Å². The Morgan fingerprint density at radius 3 is 2.61 bits per heavy atom. The van der Waals surface area contributed by atoms with Crippen LogP contribution >= 0.6 is 11.5 Å². The summed E-state index contributed by atoms with van der Waals surface area (Å²) in [5.74, 6) is 0.155. The molecule has 3 aromatic rings. The Bertz CT molecular complexity index is 1060. The third-order valence-corrected chi connectivity index (χ3v) is 6.41. The first-order valence-corrected chi connectivity index (χ1v) is 11.3. The molecule has 0 unspecified atom stereocenters. The minimum atomic E-state index is -3.49. The Hall–Kier alpha value is -2.29. The predicted molar refractivity (Wildman–Crippen MR) is 113 cm³/mol. The number of nitrogens with zero attached hydrogens (tertiary/aromatic N) is 1. The van der Waals surface area contributed by atoms with Crippen LogP contribution in [-0.2, 0) is 21.2 Å². The average molecular weight is 418 g/mol. The molecule has 0 spiro atoms. The van der Waals surface area contributed by atoms with Crippen LogP contribution in [0, 0.1) is 5.92 Å². The van der Waals surface area contributed by atoms with Crippen molar-refractivity contribution >= 4 is 43.2 Å². The zero-order chi connectivity index (χ0) is 20.1. The zero-order valence-corrected chi connectivity index (χ0v) is 17.4. The highest BCUT2D eigenvalue weighted by atomic mass is 32.2. The minimum Gasteiger partial charge on any atom is -0.326 e. The molecule has 0 atom stereocenters. The van der Waals surface area contributed by atoms with Gasteiger partial charge in [-0.15, -0.1) is 0 Å². The van der Waals surface area contributed by atoms with E-state index in [1.807, 2.05) is 32.0 Å². The van der Waals surface area contributed by atoms with Crippen molar-refractivity contribution in [3.63, 3.8) is 0 Å². The highest BCUT2D eigenvalue weighted by Gasteiger charge is 2.14. The summed E-state index contributed by atoms with van der Waals surface area (Å²) >= 11 is 1.42. The minimum absolute atomic E-state index is 0.0853. The summed E-state index contributed by atoms with van der Waals surface area (Å²) in [4.78, 5) is 12.4. The summed E-state index contributed by atoms with van der Waals surface area (Å²) < 4.78 is 32.2. The number of nitrogens with one attached hydrogen (secondary N) is 2. The number of aromatic nitrogens is 1. The first-order valence-electron chi connectivity index (χ1n) is 9.06. The lowest BCUT2D eigenvalue weighted by atomic mass is 10.1. The van der Waals surface area contributed by atoms with Gasteiger partial charge in [-0.3, -0.25) is 4.79 Å². The van der Waals surface area contributed by atoms with Crippen LogP contribution in [0.1, 0.15) is 25.8 Å². The number of amides is 1. The van der Waals surface area contributed by atoms with Gasteiger partial charge in [-0.05, 0) is 59.8 Å². The standard InChI is InChI=1S/C20H23N3O3S2/c1-14(2)12-22-28(25,26)18-7-3-15(4-8-18)5-10-20(24)23-17-6-9-19-16(11-17)13-21-27-19/h3-4,6-9,11,13-14,22H,5,10,12H2,1-2H3,(H,23,24). The summed E-state index contributed by atoms with van der Waals surface area (Å²) in [5, 5.41) is 3.89. The largest absolute Gasteiger partial charge is 0.326 e. The lowest BCUT2D eigenvalue weighted by Crippen LogP contribution is -2.27. The second-order valence-corrected chi connectivity index (χ2v) is 9.62. The van der Waals surface area contributed by atoms with Gasteiger partial charge >= 0.3 is 0 Å². The molecular formula is C20H23N3O3S2. The molecule has 2 aromatic carbocycles. The van der Waals surface area contributed by atoms with Gasteiger partial charge < -0.3 is 5.32 Å². The van der Waals surface area contributed by atoms with E-state index in [1.54, 1.807) is 30.5 Å². The number of carbonyl (C=O) groups excluding carboxylic acids is 1. The van der Waals surface area contributed by atoms with Crippen LogP contribution in [-0.4, -0.2) is 25.2 Å². The molecule has 2 N–H and O–H groups in total. The molecule has 0 aliphatic heterocycles. The van der Waals surface area contributed by atoms with Gasteiger partial charge in [0.1, 0.15) is 0 Å². The monoisotopic (exact) mass is 417 g/mol. The lowest BCUT2D eigenvalue weighted by molar-refractivity contribution is -0.116. The Balaban J connectivity index is 1.54. The fourth-order valence-corrected chi connectivity index (χ4v) is 4.47. The van der Waals surface area contributed by atoms with Gasteiger partial charge in [0, 0.05) is 30.2 Å². The molecule has 0 saturated carbocycles. The number of fused-ring (bicyclic) bond motifs is 1. The van der Waals surface area contributed by atoms with Gasteiger partial charge in [0.05, 0.1) is 9.60 Å². The van der Waals surface area contributed by atoms with E-state index in [-0.39, 0.29) is 16.7 Å². The van der Waals surface area contributed by atoms with Crippen molar-refractivity contribution < 1.29 is 13.2 Å². The Morgan fingerprint density at radius 2 is 1.89 bits per heavy atom. The molecule has 0 saturated heterocycles. The van der Waals surface area contributed by atoms with Crippen molar-refractivity contribution in [2.24, 2.45) is 5.92 Å². The van der Waals surface area contributed by atoms with Gasteiger partial charge in [-0.1, -0.05) is 26.0 Å². The summed E-state index contributed by atoms with van der Waals surface area (Å²) in [6.45, 7) is 4.30. The second-order valence-electron chi connectivity index (χ2n) is 7.02. The van der Waals surface area contributed by atoms with Gasteiger partial charge in [-0.2, -0.15) is 4.37 Å². The van der Waals surface area contributed by atoms with E-state index in [4.69, 9.17) is 0 Å². The van der Waals surface area contributed by atoms with Crippen LogP contribution in [0.4, 0.5) is 5.69 Å². The fraction of sp³-hybridized carbons (Fsp3) is 0.300. The number of benzene rings is 2. The van der Waals surface area contributed by atoms with Gasteiger partial charge in [0.15, 0.2) is 0 Å². The highest BCUT2D eigenvalue weighted by molar-refractivity contribution is 7.89. The number of aryl methyl sites for hydroxylation is 1. The third kappa shape index (κ3) is 5.37. The smallest absolute Gasteiger partial charge is 0.240 e. The maximum Gasteiger partial charge on any atom is 0.240 e. The molecule has 0 radical (unpaired) electrons. The molecule has 1 aromatic heterocycles. The van der Waals surface area contributed by atoms with Crippen LogP contribution in [0.15, 0.2) is 53.6 Å². The Kier molecular flexibility index (Phi) is 6.43. The molecule has 3 rings (SSSR count). The van der Waals surface area contributed by atoms with E-state index < -0.39 is 10.0 Å². The van der Waals surface area contributed by atoms with E-state index in [9.17, 15) is 13.2 Å². The van der Waals surface area contributed by atoms with Crippen LogP contribution < -0.4 is 10.0 Å². The molecular weight excluding hydrogens is 394 g/mol. The van der Waals surface area contributed by atoms with Gasteiger partial charge in [0.25, 0.3) is 0 Å². The van der Waals surface area contributed by atoms with E-state index in [1.165, 1.54) is 11.5 Å². The topological polar surface area (TPSA) is 88.2 Å². The molecule has 6 nitrogen and oxygen atoms in total. The Morgan fingerprint density at radius 1 is 1.14 bits per heavy atom. The fourth-order valence-electron chi connectivity index (χ4n) is 2.63. The molecule has 8 heteroatoms. The molecule has 0 bridgehead atoms. The molecule has 1 amide bonds. The molecule has 0 aliphatic carbocycles. The lowest BCUT2D eigenvalue weighted by Gasteiger charge is -2.09. The van der Waals surface area contributed by atoms with E-state index in [0.29, 0.717) is 19.4 Å². The van der Waals surface area contributed by atoms with Crippen molar-refractivity contribution in [2.75, 3.05) is 11.9 Å². The molecule has 1 heterocycles. The van der Waals surface area contributed by atoms with Crippen LogP contribution in [0.25, 0.3) is 10.1 Å². The summed E-state index contributed by atoms with van der Waals surface area (Å²) in [6.07, 6.45) is 2.63. The first-order chi connectivity index (χ1) is 13.3. The maximum absolute atomic E-state index is 12.2. The van der Waals surface area contributed by atoms with Crippen molar-refractivity contribution in [2.45, 2.75) is 31.6 Å². The number of sulfonamides is 1. The number of hydrogen-bond acceptors (Lipinski definition) is 5. The van der Waals surface area contributed by atoms with Crippen LogP contribution in [0.5, 0.6) is 0 Å². The van der Waals surface area contributed by atoms with Crippen molar-refractivity contribution in [1.82, 2.24) is 9.10 Å². The number of carbonyl (C=O) groups is 1. The van der Waals surface area contributed by atoms with Crippen molar-refractivity contribution in [3.8, 4) is 0 Å². The molecule has 0 aliphatic rings.